The van der Waals surface area contributed by atoms with Crippen molar-refractivity contribution in [2.75, 3.05) is 0 Å². The van der Waals surface area contributed by atoms with Crippen molar-refractivity contribution in [2.45, 2.75) is 0 Å². The van der Waals surface area contributed by atoms with Gasteiger partial charge in [-0.15, -0.1) is 0 Å². The summed E-state index contributed by atoms with van der Waals surface area (Å²) in [5.74, 6) is 0. The minimum atomic E-state index is 0. The molecule has 0 heterocycles. The van der Waals surface area contributed by atoms with Crippen LogP contribution in [0.4, 0.5) is 0 Å². The van der Waals surface area contributed by atoms with E-state index in [1.807, 2.05) is 0 Å². The van der Waals surface area contributed by atoms with Crippen LogP contribution in [0, 0.1) is 11.8 Å². The zero-order chi connectivity index (χ0) is 2.00. The smallest absolute Gasteiger partial charge is 1.00 e. The first kappa shape index (κ1) is 25.5. The van der Waals surface area contributed by atoms with Crippen molar-refractivity contribution in [3.63, 3.8) is 0 Å². The van der Waals surface area contributed by atoms with Crippen LogP contribution in [0.3, 0.4) is 0 Å². The van der Waals surface area contributed by atoms with Crippen LogP contribution in [0.15, 0.2) is 0 Å². The van der Waals surface area contributed by atoms with Gasteiger partial charge in [0.1, 0.15) is 0 Å². The molecule has 0 atom stereocenters. The Morgan fingerprint density at radius 3 is 1.40 bits per heavy atom. The van der Waals surface area contributed by atoms with Crippen molar-refractivity contribution in [2.24, 2.45) is 0 Å². The number of rotatable bonds is 0. The second kappa shape index (κ2) is 30.6. The van der Waals surface area contributed by atoms with E-state index >= 15 is 0 Å². The minimum absolute atomic E-state index is 0. The van der Waals surface area contributed by atoms with Crippen molar-refractivity contribution in [3.8, 4) is 0 Å². The van der Waals surface area contributed by atoms with Crippen molar-refractivity contribution in [1.82, 2.24) is 0 Å². The van der Waals surface area contributed by atoms with Gasteiger partial charge in [-0.25, -0.2) is 0 Å². The van der Waals surface area contributed by atoms with E-state index in [2.05, 4.69) is 0 Å². The van der Waals surface area contributed by atoms with Crippen LogP contribution in [0.2, 0.25) is 0 Å². The summed E-state index contributed by atoms with van der Waals surface area (Å²) in [6.07, 6.45) is 0. The maximum Gasteiger partial charge on any atom is 1.00 e. The second-order valence-corrected chi connectivity index (χ2v) is 0. The van der Waals surface area contributed by atoms with Gasteiger partial charge in [0, 0.05) is 22.4 Å². The molecule has 0 N–H and O–H groups in total. The zero-order valence-corrected chi connectivity index (χ0v) is 10.0. The molecule has 1 nitrogen and oxygen atoms in total. The van der Waals surface area contributed by atoms with Gasteiger partial charge in [-0.05, 0) is 0 Å². The molecule has 0 aromatic rings. The van der Waals surface area contributed by atoms with Crippen LogP contribution in [0.25, 0.3) is 0 Å². The molecule has 0 aliphatic rings. The molecule has 0 saturated heterocycles. The van der Waals surface area contributed by atoms with Gasteiger partial charge >= 0.3 is 73.8 Å². The number of hydrogen-bond donors (Lipinski definition) is 0. The molecule has 0 aliphatic carbocycles. The van der Waals surface area contributed by atoms with Crippen molar-refractivity contribution in [3.05, 3.63) is 6.57 Å². The minimum Gasteiger partial charge on any atom is -1.00 e. The first-order valence-corrected chi connectivity index (χ1v) is 0.224. The molecule has 0 amide bonds. The SMILES string of the molecule is [Au+].[Au].[C-]#N.[H-].[K+]. The van der Waals surface area contributed by atoms with Crippen LogP contribution < -0.4 is 51.4 Å². The van der Waals surface area contributed by atoms with Gasteiger partial charge in [-0.1, -0.05) is 0 Å². The molecule has 0 saturated carbocycles. The summed E-state index contributed by atoms with van der Waals surface area (Å²) in [5.41, 5.74) is 0. The fourth-order valence-electron chi connectivity index (χ4n) is 0. The molecular formula is CHAu2KN. The van der Waals surface area contributed by atoms with Gasteiger partial charge in [0.25, 0.3) is 0 Å². The predicted octanol–water partition coefficient (Wildman–Crippen LogP) is -2.79. The van der Waals surface area contributed by atoms with E-state index in [1.54, 1.807) is 0 Å². The van der Waals surface area contributed by atoms with E-state index in [0.29, 0.717) is 0 Å². The Kier molecular flexibility index (Phi) is 156. The molecule has 0 aliphatic heterocycles. The topological polar surface area (TPSA) is 23.8 Å². The van der Waals surface area contributed by atoms with E-state index in [-0.39, 0.29) is 97.6 Å². The van der Waals surface area contributed by atoms with Gasteiger partial charge < -0.3 is 13.3 Å². The Balaban J connectivity index is -0.000000000833. The Bertz CT molecular complexity index is 18.3. The molecule has 0 unspecified atom stereocenters. The van der Waals surface area contributed by atoms with Crippen molar-refractivity contribution < 1.29 is 97.6 Å². The summed E-state index contributed by atoms with van der Waals surface area (Å²) in [4.78, 5) is 0. The van der Waals surface area contributed by atoms with Crippen molar-refractivity contribution >= 4 is 0 Å². The molecule has 4 heteroatoms. The standard InChI is InChI=1S/CN.2Au.K.H/c1-2;;;;/q-1;;2*+1;-1. The maximum absolute atomic E-state index is 6.25. The fourth-order valence-corrected chi connectivity index (χ4v) is 0. The summed E-state index contributed by atoms with van der Waals surface area (Å²) >= 11 is 0. The summed E-state index contributed by atoms with van der Waals surface area (Å²) in [6, 6.07) is 0. The molecule has 0 aromatic heterocycles. The third-order valence-corrected chi connectivity index (χ3v) is 0. The Hall–Kier alpha value is 2.61. The average molecular weight is 460 g/mol. The summed E-state index contributed by atoms with van der Waals surface area (Å²) in [5, 5.41) is 6.25. The normalized spacial score (nSPS) is 0.400. The van der Waals surface area contributed by atoms with Gasteiger partial charge in [-0.3, -0.25) is 0 Å². The number of hydrogen-bond acceptors (Lipinski definition) is 1. The third kappa shape index (κ3) is 20.6. The fraction of sp³-hybridized carbons (Fsp3) is 0. The van der Waals surface area contributed by atoms with E-state index in [0.717, 1.165) is 0 Å². The Morgan fingerprint density at radius 2 is 1.40 bits per heavy atom. The van der Waals surface area contributed by atoms with E-state index in [4.69, 9.17) is 11.8 Å². The van der Waals surface area contributed by atoms with E-state index in [1.165, 1.54) is 0 Å². The first-order chi connectivity index (χ1) is 1.00. The van der Waals surface area contributed by atoms with Crippen molar-refractivity contribution in [1.29, 1.82) is 5.26 Å². The van der Waals surface area contributed by atoms with Crippen LogP contribution in [0.1, 0.15) is 1.43 Å². The molecule has 0 fully saturated rings. The quantitative estimate of drug-likeness (QED) is 0.284. The van der Waals surface area contributed by atoms with E-state index in [9.17, 15) is 0 Å². The second-order valence-electron chi connectivity index (χ2n) is 0. The largest absolute Gasteiger partial charge is 1.00 e. The molecule has 0 rings (SSSR count). The molecule has 0 aromatic carbocycles. The monoisotopic (exact) mass is 460 g/mol. The molecule has 33 valence electrons. The molecule has 0 spiro atoms. The van der Waals surface area contributed by atoms with Crippen LogP contribution >= 0.6 is 0 Å². The predicted molar refractivity (Wildman–Crippen MR) is 6.08 cm³/mol. The molecule has 5 heavy (non-hydrogen) atoms. The van der Waals surface area contributed by atoms with Gasteiger partial charge in [0.15, 0.2) is 0 Å². The maximum atomic E-state index is 6.25. The van der Waals surface area contributed by atoms with Crippen LogP contribution in [-0.2, 0) is 44.8 Å². The number of nitrogens with zero attached hydrogens (tertiary/aromatic N) is 1. The summed E-state index contributed by atoms with van der Waals surface area (Å²) < 4.78 is 0. The van der Waals surface area contributed by atoms with Gasteiger partial charge in [0.2, 0.25) is 0 Å². The Morgan fingerprint density at radius 1 is 1.40 bits per heavy atom. The summed E-state index contributed by atoms with van der Waals surface area (Å²) in [6.45, 7) is 4.75. The molecule has 0 bridgehead atoms. The van der Waals surface area contributed by atoms with Gasteiger partial charge in [-0.2, -0.15) is 0 Å². The third-order valence-electron chi connectivity index (χ3n) is 0. The van der Waals surface area contributed by atoms with Crippen LogP contribution in [-0.4, -0.2) is 0 Å². The first-order valence-electron chi connectivity index (χ1n) is 0.224. The summed E-state index contributed by atoms with van der Waals surface area (Å²) in [7, 11) is 0. The van der Waals surface area contributed by atoms with E-state index < -0.39 is 0 Å². The Labute approximate surface area is 107 Å². The molecule has 1 radical (unpaired) electrons. The van der Waals surface area contributed by atoms with Gasteiger partial charge in [0.05, 0.1) is 0 Å². The van der Waals surface area contributed by atoms with Crippen LogP contribution in [0.5, 0.6) is 0 Å². The zero-order valence-electron chi connectivity index (χ0n) is 3.55. The molecular weight excluding hydrogens is 459 g/mol. The average Bonchev–Trinajstić information content (AvgIpc) is 1.00.